The first-order valence-electron chi connectivity index (χ1n) is 12.0. The molecule has 4 rings (SSSR count). The van der Waals surface area contributed by atoms with Gasteiger partial charge in [-0.1, -0.05) is 51.1 Å². The number of rotatable bonds is 8. The van der Waals surface area contributed by atoms with Crippen molar-refractivity contribution in [3.05, 3.63) is 88.4 Å². The van der Waals surface area contributed by atoms with E-state index in [2.05, 4.69) is 55.9 Å². The van der Waals surface area contributed by atoms with Crippen LogP contribution < -0.4 is 9.50 Å². The van der Waals surface area contributed by atoms with Crippen LogP contribution in [0.2, 0.25) is 0 Å². The van der Waals surface area contributed by atoms with Gasteiger partial charge in [-0.05, 0) is 89.7 Å². The molecule has 194 valence electrons. The van der Waals surface area contributed by atoms with Crippen LogP contribution in [0, 0.1) is 5.41 Å². The zero-order valence-corrected chi connectivity index (χ0v) is 24.1. The highest BCUT2D eigenvalue weighted by atomic mass is 79.9. The van der Waals surface area contributed by atoms with Gasteiger partial charge in [-0.3, -0.25) is 4.40 Å². The highest BCUT2D eigenvalue weighted by Crippen LogP contribution is 2.36. The van der Waals surface area contributed by atoms with Crippen molar-refractivity contribution in [1.29, 1.82) is 0 Å². The van der Waals surface area contributed by atoms with E-state index in [0.29, 0.717) is 0 Å². The first-order valence-corrected chi connectivity index (χ1v) is 14.3. The lowest BCUT2D eigenvalue weighted by Crippen LogP contribution is -2.36. The van der Waals surface area contributed by atoms with Crippen molar-refractivity contribution >= 4 is 43.6 Å². The molecule has 0 saturated carbocycles. The second-order valence-electron chi connectivity index (χ2n) is 10.9. The summed E-state index contributed by atoms with van der Waals surface area (Å²) in [5, 5.41) is 4.79. The van der Waals surface area contributed by atoms with Crippen LogP contribution in [0.3, 0.4) is 0 Å². The Bertz CT molecular complexity index is 1520. The zero-order valence-electron chi connectivity index (χ0n) is 21.7. The summed E-state index contributed by atoms with van der Waals surface area (Å²) >= 11 is 3.57. The molecule has 0 aliphatic carbocycles. The predicted octanol–water partition coefficient (Wildman–Crippen LogP) is 7.77. The third-order valence-electron chi connectivity index (χ3n) is 5.58. The van der Waals surface area contributed by atoms with E-state index in [1.165, 1.54) is 6.08 Å². The average molecular weight is 583 g/mol. The summed E-state index contributed by atoms with van der Waals surface area (Å²) < 4.78 is 33.2. The summed E-state index contributed by atoms with van der Waals surface area (Å²) in [4.78, 5) is 4.88. The van der Waals surface area contributed by atoms with Gasteiger partial charge in [-0.2, -0.15) is 8.42 Å². The number of anilines is 1. The van der Waals surface area contributed by atoms with Crippen molar-refractivity contribution in [2.75, 3.05) is 5.32 Å². The number of imidazole rings is 1. The smallest absolute Gasteiger partial charge is 0.332 e. The van der Waals surface area contributed by atoms with Crippen LogP contribution in [0.15, 0.2) is 82.8 Å². The first-order chi connectivity index (χ1) is 17.3. The SMILES string of the molecule is CC(C)(C)CC(C)(C)Nc1c(-c2ccc(OS(=O)(=O)/C=C/c3ccccc3)cc2)nc2ccc(Br)cn12. The van der Waals surface area contributed by atoms with Gasteiger partial charge in [-0.15, -0.1) is 0 Å². The van der Waals surface area contributed by atoms with E-state index < -0.39 is 10.1 Å². The van der Waals surface area contributed by atoms with E-state index >= 15 is 0 Å². The maximum Gasteiger partial charge on any atom is 0.332 e. The van der Waals surface area contributed by atoms with Gasteiger partial charge in [-0.25, -0.2) is 4.98 Å². The Labute approximate surface area is 227 Å². The average Bonchev–Trinajstić information content (AvgIpc) is 3.14. The van der Waals surface area contributed by atoms with Crippen molar-refractivity contribution in [2.45, 2.75) is 46.6 Å². The van der Waals surface area contributed by atoms with Crippen LogP contribution >= 0.6 is 15.9 Å². The van der Waals surface area contributed by atoms with Crippen LogP contribution in [0.1, 0.15) is 46.6 Å². The molecule has 0 atom stereocenters. The highest BCUT2D eigenvalue weighted by Gasteiger charge is 2.28. The molecule has 0 amide bonds. The second kappa shape index (κ2) is 10.3. The van der Waals surface area contributed by atoms with Crippen molar-refractivity contribution in [3.8, 4) is 17.0 Å². The molecule has 4 aromatic rings. The molecular weight excluding hydrogens is 550 g/mol. The Morgan fingerprint density at radius 3 is 2.30 bits per heavy atom. The summed E-state index contributed by atoms with van der Waals surface area (Å²) in [5.41, 5.74) is 3.14. The molecule has 0 saturated heterocycles. The lowest BCUT2D eigenvalue weighted by molar-refractivity contribution is 0.302. The number of aromatic nitrogens is 2. The molecule has 6 nitrogen and oxygen atoms in total. The quantitative estimate of drug-likeness (QED) is 0.215. The number of nitrogens with zero attached hydrogens (tertiary/aromatic N) is 2. The molecule has 0 radical (unpaired) electrons. The number of benzene rings is 2. The lowest BCUT2D eigenvalue weighted by Gasteiger charge is -2.34. The maximum atomic E-state index is 12.5. The van der Waals surface area contributed by atoms with E-state index in [9.17, 15) is 8.42 Å². The molecule has 8 heteroatoms. The van der Waals surface area contributed by atoms with Crippen LogP contribution in [0.4, 0.5) is 5.82 Å². The third-order valence-corrected chi connectivity index (χ3v) is 6.94. The van der Waals surface area contributed by atoms with Gasteiger partial charge in [0, 0.05) is 21.8 Å². The second-order valence-corrected chi connectivity index (χ2v) is 13.3. The van der Waals surface area contributed by atoms with Gasteiger partial charge in [0.25, 0.3) is 0 Å². The number of pyridine rings is 1. The van der Waals surface area contributed by atoms with E-state index in [-0.39, 0.29) is 16.7 Å². The number of halogens is 1. The molecule has 0 unspecified atom stereocenters. The predicted molar refractivity (Wildman–Crippen MR) is 155 cm³/mol. The summed E-state index contributed by atoms with van der Waals surface area (Å²) in [6, 6.07) is 20.1. The van der Waals surface area contributed by atoms with Crippen molar-refractivity contribution < 1.29 is 12.6 Å². The molecule has 0 fully saturated rings. The maximum absolute atomic E-state index is 12.5. The van der Waals surface area contributed by atoms with Crippen molar-refractivity contribution in [1.82, 2.24) is 9.38 Å². The fourth-order valence-corrected chi connectivity index (χ4v) is 5.68. The molecule has 1 N–H and O–H groups in total. The number of hydrogen-bond donors (Lipinski definition) is 1. The monoisotopic (exact) mass is 581 g/mol. The Balaban J connectivity index is 1.63. The zero-order chi connectivity index (χ0) is 26.8. The topological polar surface area (TPSA) is 72.7 Å². The van der Waals surface area contributed by atoms with Crippen LogP contribution in [0.5, 0.6) is 5.75 Å². The minimum atomic E-state index is -3.90. The first kappa shape index (κ1) is 26.9. The minimum Gasteiger partial charge on any atom is -0.379 e. The van der Waals surface area contributed by atoms with E-state index in [1.807, 2.05) is 65.2 Å². The van der Waals surface area contributed by atoms with E-state index in [1.54, 1.807) is 12.1 Å². The van der Waals surface area contributed by atoms with E-state index in [0.717, 1.165) is 44.6 Å². The fourth-order valence-electron chi connectivity index (χ4n) is 4.59. The molecule has 0 spiro atoms. The minimum absolute atomic E-state index is 0.136. The van der Waals surface area contributed by atoms with Gasteiger partial charge in [0.2, 0.25) is 0 Å². The molecule has 0 aliphatic heterocycles. The molecule has 0 aliphatic rings. The van der Waals surface area contributed by atoms with Crippen LogP contribution in [-0.2, 0) is 10.1 Å². The van der Waals surface area contributed by atoms with Gasteiger partial charge in [0.1, 0.15) is 22.9 Å². The Kier molecular flexibility index (Phi) is 7.53. The summed E-state index contributed by atoms with van der Waals surface area (Å²) in [6.45, 7) is 11.0. The van der Waals surface area contributed by atoms with Gasteiger partial charge >= 0.3 is 10.1 Å². The number of nitrogens with one attached hydrogen (secondary N) is 1. The standard InChI is InChI=1S/C29H32BrN3O3S/c1-28(2,3)20-29(4,5)32-27-26(31-25-16-13-23(30)19-33(25)27)22-11-14-24(15-12-22)36-37(34,35)18-17-21-9-7-6-8-10-21/h6-19,32H,20H2,1-5H3/b18-17+. The lowest BCUT2D eigenvalue weighted by atomic mass is 9.82. The molecule has 2 aromatic carbocycles. The summed E-state index contributed by atoms with van der Waals surface area (Å²) in [5.74, 6) is 1.10. The number of hydrogen-bond acceptors (Lipinski definition) is 5. The van der Waals surface area contributed by atoms with Crippen molar-refractivity contribution in [2.24, 2.45) is 5.41 Å². The van der Waals surface area contributed by atoms with Gasteiger partial charge in [0.05, 0.1) is 5.41 Å². The summed E-state index contributed by atoms with van der Waals surface area (Å²) in [6.07, 6.45) is 4.45. The third kappa shape index (κ3) is 7.23. The Morgan fingerprint density at radius 1 is 0.973 bits per heavy atom. The largest absolute Gasteiger partial charge is 0.379 e. The molecule has 0 bridgehead atoms. The van der Waals surface area contributed by atoms with Crippen LogP contribution in [0.25, 0.3) is 23.0 Å². The van der Waals surface area contributed by atoms with E-state index in [4.69, 9.17) is 9.17 Å². The Morgan fingerprint density at radius 2 is 1.65 bits per heavy atom. The number of fused-ring (bicyclic) bond motifs is 1. The highest BCUT2D eigenvalue weighted by molar-refractivity contribution is 9.10. The molecule has 2 heterocycles. The van der Waals surface area contributed by atoms with Gasteiger partial charge in [0.15, 0.2) is 0 Å². The Hall–Kier alpha value is -3.10. The normalized spacial score (nSPS) is 12.8. The molecule has 37 heavy (non-hydrogen) atoms. The van der Waals surface area contributed by atoms with Crippen molar-refractivity contribution in [3.63, 3.8) is 0 Å². The molecular formula is C29H32BrN3O3S. The fraction of sp³-hybridized carbons (Fsp3) is 0.276. The van der Waals surface area contributed by atoms with Gasteiger partial charge < -0.3 is 9.50 Å². The summed E-state index contributed by atoms with van der Waals surface area (Å²) in [7, 11) is -3.90. The van der Waals surface area contributed by atoms with Crippen LogP contribution in [-0.4, -0.2) is 23.3 Å². The molecule has 2 aromatic heterocycles.